The number of fused-ring (bicyclic) bond motifs is 1. The van der Waals surface area contributed by atoms with E-state index in [0.29, 0.717) is 17.9 Å². The number of nitrogens with one attached hydrogen (secondary N) is 2. The number of H-pyrrole nitrogens is 1. The fourth-order valence-electron chi connectivity index (χ4n) is 1.70. The van der Waals surface area contributed by atoms with Crippen LogP contribution in [-0.2, 0) is 9.84 Å². The topological polar surface area (TPSA) is 114 Å². The number of nitrogens with two attached hydrogens (primary N) is 1. The highest BCUT2D eigenvalue weighted by molar-refractivity contribution is 7.90. The molecule has 0 spiro atoms. The molecule has 2 aromatic heterocycles. The summed E-state index contributed by atoms with van der Waals surface area (Å²) in [4.78, 5) is 11.6. The number of anilines is 1. The maximum atomic E-state index is 11.1. The van der Waals surface area contributed by atoms with Crippen molar-refractivity contribution in [2.24, 2.45) is 5.73 Å². The third-order valence-corrected chi connectivity index (χ3v) is 3.75. The van der Waals surface area contributed by atoms with Crippen molar-refractivity contribution >= 4 is 26.8 Å². The molecule has 0 fully saturated rings. The van der Waals surface area contributed by atoms with Crippen molar-refractivity contribution in [3.05, 3.63) is 18.0 Å². The zero-order valence-corrected chi connectivity index (χ0v) is 11.7. The number of pyridine rings is 1. The Morgan fingerprint density at radius 3 is 2.79 bits per heavy atom. The van der Waals surface area contributed by atoms with Crippen LogP contribution in [0.1, 0.15) is 18.3 Å². The molecular formula is C11H17N5O2S. The second-order valence-corrected chi connectivity index (χ2v) is 6.72. The first-order valence-corrected chi connectivity index (χ1v) is 7.93. The largest absolute Gasteiger partial charge is 0.373 e. The molecule has 0 saturated carbocycles. The van der Waals surface area contributed by atoms with Crippen LogP contribution in [0.25, 0.3) is 11.2 Å². The van der Waals surface area contributed by atoms with Crippen LogP contribution >= 0.6 is 0 Å². The van der Waals surface area contributed by atoms with Crippen LogP contribution in [0.2, 0.25) is 0 Å². The van der Waals surface area contributed by atoms with Gasteiger partial charge < -0.3 is 16.0 Å². The Balaban J connectivity index is 2.20. The van der Waals surface area contributed by atoms with Gasteiger partial charge in [0.15, 0.2) is 5.65 Å². The van der Waals surface area contributed by atoms with Gasteiger partial charge in [0.25, 0.3) is 0 Å². The number of aromatic amines is 1. The van der Waals surface area contributed by atoms with Gasteiger partial charge in [0.2, 0.25) is 0 Å². The molecule has 0 radical (unpaired) electrons. The van der Waals surface area contributed by atoms with Gasteiger partial charge >= 0.3 is 0 Å². The second-order valence-electron chi connectivity index (χ2n) is 4.46. The Kier molecular flexibility index (Phi) is 3.72. The summed E-state index contributed by atoms with van der Waals surface area (Å²) in [7, 11) is -1.24. The van der Waals surface area contributed by atoms with Gasteiger partial charge in [-0.15, -0.1) is 0 Å². The summed E-state index contributed by atoms with van der Waals surface area (Å²) >= 11 is 0. The summed E-state index contributed by atoms with van der Waals surface area (Å²) in [5.41, 5.74) is 7.28. The first-order chi connectivity index (χ1) is 8.89. The normalized spacial score (nSPS) is 13.6. The first kappa shape index (κ1) is 13.8. The van der Waals surface area contributed by atoms with Crippen LogP contribution in [0.5, 0.6) is 0 Å². The Morgan fingerprint density at radius 2 is 2.16 bits per heavy atom. The van der Waals surface area contributed by atoms with E-state index in [1.807, 2.05) is 12.1 Å². The lowest BCUT2D eigenvalue weighted by atomic mass is 10.2. The van der Waals surface area contributed by atoms with Gasteiger partial charge in [0, 0.05) is 13.3 Å². The van der Waals surface area contributed by atoms with Gasteiger partial charge in [-0.2, -0.15) is 0 Å². The molecule has 4 N–H and O–H groups in total. The molecule has 0 aromatic carbocycles. The standard InChI is InChI=1S/C11H17N5O2S/c1-13-9-4-3-8-11(15-9)16-10(14-8)7(12)5-6-19(2,17)18/h3-4,7H,5-6,12H2,1-2H3,(H2,13,14,15,16). The van der Waals surface area contributed by atoms with Crippen LogP contribution < -0.4 is 11.1 Å². The minimum atomic E-state index is -3.02. The van der Waals surface area contributed by atoms with Crippen molar-refractivity contribution in [3.8, 4) is 0 Å². The van der Waals surface area contributed by atoms with Gasteiger partial charge in [0.05, 0.1) is 17.3 Å². The van der Waals surface area contributed by atoms with Crippen molar-refractivity contribution in [1.82, 2.24) is 15.0 Å². The molecule has 1 atom stereocenters. The fourth-order valence-corrected chi connectivity index (χ4v) is 2.39. The van der Waals surface area contributed by atoms with Crippen molar-refractivity contribution < 1.29 is 8.42 Å². The molecule has 1 unspecified atom stereocenters. The molecule has 2 aromatic rings. The van der Waals surface area contributed by atoms with Gasteiger partial charge in [-0.3, -0.25) is 0 Å². The molecule has 0 aliphatic carbocycles. The number of sulfone groups is 1. The molecule has 104 valence electrons. The maximum Gasteiger partial charge on any atom is 0.179 e. The predicted octanol–water partition coefficient (Wildman–Crippen LogP) is 0.434. The number of aromatic nitrogens is 3. The van der Waals surface area contributed by atoms with E-state index < -0.39 is 15.9 Å². The molecule has 7 nitrogen and oxygen atoms in total. The molecule has 0 amide bonds. The fraction of sp³-hybridized carbons (Fsp3) is 0.455. The number of nitrogens with zero attached hydrogens (tertiary/aromatic N) is 2. The first-order valence-electron chi connectivity index (χ1n) is 5.87. The number of hydrogen-bond acceptors (Lipinski definition) is 6. The SMILES string of the molecule is CNc1ccc2[nH]c(C(N)CCS(C)(=O)=O)nc2n1. The summed E-state index contributed by atoms with van der Waals surface area (Å²) in [6, 6.07) is 3.24. The monoisotopic (exact) mass is 283 g/mol. The summed E-state index contributed by atoms with van der Waals surface area (Å²) in [5, 5.41) is 2.93. The third kappa shape index (κ3) is 3.42. The van der Waals surface area contributed by atoms with E-state index in [1.54, 1.807) is 7.05 Å². The Bertz CT molecular complexity index is 679. The molecule has 0 aliphatic heterocycles. The molecule has 2 rings (SSSR count). The average molecular weight is 283 g/mol. The molecule has 8 heteroatoms. The zero-order valence-electron chi connectivity index (χ0n) is 10.8. The van der Waals surface area contributed by atoms with E-state index >= 15 is 0 Å². The quantitative estimate of drug-likeness (QED) is 0.733. The van der Waals surface area contributed by atoms with Crippen molar-refractivity contribution in [1.29, 1.82) is 0 Å². The second kappa shape index (κ2) is 5.14. The lowest BCUT2D eigenvalue weighted by molar-refractivity contribution is 0.588. The highest BCUT2D eigenvalue weighted by atomic mass is 32.2. The van der Waals surface area contributed by atoms with Gasteiger partial charge in [-0.05, 0) is 18.6 Å². The third-order valence-electron chi connectivity index (χ3n) is 2.77. The number of rotatable bonds is 5. The van der Waals surface area contributed by atoms with Crippen LogP contribution in [-0.4, -0.2) is 42.4 Å². The minimum absolute atomic E-state index is 0.0421. The summed E-state index contributed by atoms with van der Waals surface area (Å²) < 4.78 is 22.2. The molecule has 0 saturated heterocycles. The summed E-state index contributed by atoms with van der Waals surface area (Å²) in [5.74, 6) is 1.31. The lowest BCUT2D eigenvalue weighted by Crippen LogP contribution is -2.16. The molecule has 2 heterocycles. The molecule has 0 aliphatic rings. The Morgan fingerprint density at radius 1 is 1.42 bits per heavy atom. The van der Waals surface area contributed by atoms with E-state index in [2.05, 4.69) is 20.3 Å². The minimum Gasteiger partial charge on any atom is -0.373 e. The van der Waals surface area contributed by atoms with Crippen LogP contribution in [0, 0.1) is 0 Å². The van der Waals surface area contributed by atoms with Crippen molar-refractivity contribution in [2.75, 3.05) is 24.4 Å². The highest BCUT2D eigenvalue weighted by Crippen LogP contribution is 2.17. The smallest absolute Gasteiger partial charge is 0.179 e. The highest BCUT2D eigenvalue weighted by Gasteiger charge is 2.14. The summed E-state index contributed by atoms with van der Waals surface area (Å²) in [6.07, 6.45) is 1.52. The van der Waals surface area contributed by atoms with Gasteiger partial charge in [-0.1, -0.05) is 0 Å². The van der Waals surface area contributed by atoms with E-state index in [0.717, 1.165) is 11.3 Å². The van der Waals surface area contributed by atoms with E-state index in [4.69, 9.17) is 5.73 Å². The molecule has 0 bridgehead atoms. The average Bonchev–Trinajstić information content (AvgIpc) is 2.77. The van der Waals surface area contributed by atoms with E-state index in [1.165, 1.54) is 6.26 Å². The number of hydrogen-bond donors (Lipinski definition) is 3. The predicted molar refractivity (Wildman–Crippen MR) is 74.7 cm³/mol. The van der Waals surface area contributed by atoms with Gasteiger partial charge in [-0.25, -0.2) is 18.4 Å². The van der Waals surface area contributed by atoms with Crippen LogP contribution in [0.4, 0.5) is 5.82 Å². The summed E-state index contributed by atoms with van der Waals surface area (Å²) in [6.45, 7) is 0. The number of imidazole rings is 1. The van der Waals surface area contributed by atoms with E-state index in [9.17, 15) is 8.42 Å². The lowest BCUT2D eigenvalue weighted by Gasteiger charge is -2.06. The van der Waals surface area contributed by atoms with Crippen molar-refractivity contribution in [3.63, 3.8) is 0 Å². The molecule has 19 heavy (non-hydrogen) atoms. The van der Waals surface area contributed by atoms with Gasteiger partial charge in [0.1, 0.15) is 21.5 Å². The maximum absolute atomic E-state index is 11.1. The van der Waals surface area contributed by atoms with Crippen LogP contribution in [0.15, 0.2) is 12.1 Å². The Hall–Kier alpha value is -1.67. The molecular weight excluding hydrogens is 266 g/mol. The van der Waals surface area contributed by atoms with E-state index in [-0.39, 0.29) is 5.75 Å². The van der Waals surface area contributed by atoms with Crippen LogP contribution in [0.3, 0.4) is 0 Å². The zero-order chi connectivity index (χ0) is 14.0. The Labute approximate surface area is 111 Å². The van der Waals surface area contributed by atoms with Crippen molar-refractivity contribution in [2.45, 2.75) is 12.5 Å².